The van der Waals surface area contributed by atoms with Gasteiger partial charge in [0.15, 0.2) is 0 Å². The molecule has 3 nitrogen and oxygen atoms in total. The highest BCUT2D eigenvalue weighted by atomic mass is 16.3. The first kappa shape index (κ1) is 35.6. The quantitative estimate of drug-likeness (QED) is 0.162. The second-order valence-electron chi connectivity index (χ2n) is 18.4. The molecule has 0 fully saturated rings. The van der Waals surface area contributed by atoms with E-state index in [2.05, 4.69) is 189 Å². The molecule has 0 spiro atoms. The van der Waals surface area contributed by atoms with Gasteiger partial charge < -0.3 is 13.4 Å². The van der Waals surface area contributed by atoms with Crippen molar-refractivity contribution in [3.63, 3.8) is 0 Å². The van der Waals surface area contributed by atoms with E-state index < -0.39 is 0 Å². The van der Waals surface area contributed by atoms with Crippen LogP contribution < -0.4 is 0 Å². The maximum absolute atomic E-state index is 6.55. The van der Waals surface area contributed by atoms with Crippen LogP contribution in [0.3, 0.4) is 0 Å². The minimum absolute atomic E-state index is 0.0580. The van der Waals surface area contributed by atoms with E-state index >= 15 is 0 Å². The number of aryl methyl sites for hydroxylation is 1. The number of rotatable bonds is 5. The van der Waals surface area contributed by atoms with Gasteiger partial charge in [0.1, 0.15) is 22.3 Å². The number of nitrogens with zero attached hydrogens (tertiary/aromatic N) is 1. The zero-order chi connectivity index (χ0) is 41.3. The SMILES string of the molecule is Cc1ccc(-c2ccc3c(c2)c2cc4c(cc2n3C2CC=CCC2)oc2ccccc24)cc1-c1cc2c(cc1Cc1ccc3c(c1)C(C)(C)c1ccccc1-3)oc1ccccc12. The highest BCUT2D eigenvalue weighted by Crippen LogP contribution is 2.49. The van der Waals surface area contributed by atoms with Crippen LogP contribution in [0.15, 0.2) is 173 Å². The van der Waals surface area contributed by atoms with Crippen molar-refractivity contribution in [2.45, 2.75) is 57.9 Å². The van der Waals surface area contributed by atoms with Crippen LogP contribution in [0.5, 0.6) is 0 Å². The summed E-state index contributed by atoms with van der Waals surface area (Å²) in [6, 6.07) is 56.9. The summed E-state index contributed by atoms with van der Waals surface area (Å²) < 4.78 is 15.6. The lowest BCUT2D eigenvalue weighted by Crippen LogP contribution is -2.15. The van der Waals surface area contributed by atoms with Crippen LogP contribution in [0, 0.1) is 6.92 Å². The molecule has 62 heavy (non-hydrogen) atoms. The molecule has 8 aromatic carbocycles. The number of hydrogen-bond acceptors (Lipinski definition) is 2. The fraction of sp³-hybridized carbons (Fsp3) is 0.153. The highest BCUT2D eigenvalue weighted by Gasteiger charge is 2.35. The van der Waals surface area contributed by atoms with Gasteiger partial charge in [-0.1, -0.05) is 123 Å². The first-order valence-corrected chi connectivity index (χ1v) is 22.2. The van der Waals surface area contributed by atoms with Crippen LogP contribution in [0.2, 0.25) is 0 Å². The van der Waals surface area contributed by atoms with Gasteiger partial charge in [-0.2, -0.15) is 0 Å². The number of hydrogen-bond donors (Lipinski definition) is 0. The molecule has 3 heteroatoms. The monoisotopic (exact) mass is 799 g/mol. The van der Waals surface area contributed by atoms with Crippen molar-refractivity contribution in [2.75, 3.05) is 0 Å². The lowest BCUT2D eigenvalue weighted by molar-refractivity contribution is 0.485. The van der Waals surface area contributed by atoms with Gasteiger partial charge in [0.25, 0.3) is 0 Å². The highest BCUT2D eigenvalue weighted by molar-refractivity contribution is 6.17. The standard InChI is InChI=1S/C59H45NO2/c1-35-21-23-37(38-24-26-53-47(30-38)48-33-50-44-17-9-12-20-56(44)62-58(50)34-54(48)60(53)40-13-5-4-6-14-40)29-45(35)46-32-49-43-16-8-11-19-55(43)61-57(49)31-39(46)27-36-22-25-42-41-15-7-10-18-51(41)59(2,3)52(42)28-36/h4-5,7-12,15-26,28-34,40H,6,13-14,27H2,1-3H3. The Kier molecular flexibility index (Phi) is 7.59. The van der Waals surface area contributed by atoms with Gasteiger partial charge >= 0.3 is 0 Å². The van der Waals surface area contributed by atoms with Crippen LogP contribution in [-0.4, -0.2) is 4.57 Å². The third-order valence-electron chi connectivity index (χ3n) is 14.4. The molecule has 0 saturated heterocycles. The second-order valence-corrected chi connectivity index (χ2v) is 18.4. The van der Waals surface area contributed by atoms with Gasteiger partial charge in [-0.3, -0.25) is 0 Å². The molecule has 0 aliphatic heterocycles. The second kappa shape index (κ2) is 13.2. The molecule has 2 aliphatic rings. The molecule has 0 N–H and O–H groups in total. The van der Waals surface area contributed by atoms with Crippen LogP contribution in [0.25, 0.3) is 99.1 Å². The predicted octanol–water partition coefficient (Wildman–Crippen LogP) is 16.4. The van der Waals surface area contributed by atoms with Crippen molar-refractivity contribution in [3.05, 3.63) is 192 Å². The fourth-order valence-corrected chi connectivity index (χ4v) is 11.2. The van der Waals surface area contributed by atoms with Crippen LogP contribution in [0.4, 0.5) is 0 Å². The minimum atomic E-state index is -0.0580. The minimum Gasteiger partial charge on any atom is -0.456 e. The third-order valence-corrected chi connectivity index (χ3v) is 14.4. The Balaban J connectivity index is 0.977. The van der Waals surface area contributed by atoms with Crippen LogP contribution >= 0.6 is 0 Å². The summed E-state index contributed by atoms with van der Waals surface area (Å²) in [6.45, 7) is 6.99. The molecule has 2 aliphatic carbocycles. The zero-order valence-corrected chi connectivity index (χ0v) is 35.3. The first-order chi connectivity index (χ1) is 30.4. The van der Waals surface area contributed by atoms with E-state index in [0.717, 1.165) is 64.2 Å². The summed E-state index contributed by atoms with van der Waals surface area (Å²) in [7, 11) is 0. The summed E-state index contributed by atoms with van der Waals surface area (Å²) in [6.07, 6.45) is 8.76. The van der Waals surface area contributed by atoms with E-state index in [1.165, 1.54) is 88.4 Å². The van der Waals surface area contributed by atoms with Gasteiger partial charge in [-0.25, -0.2) is 0 Å². The molecule has 0 amide bonds. The smallest absolute Gasteiger partial charge is 0.137 e. The number of allylic oxidation sites excluding steroid dienone is 2. The Morgan fingerprint density at radius 3 is 2.02 bits per heavy atom. The Hall–Kier alpha value is -7.10. The average Bonchev–Trinajstić information content (AvgIpc) is 4.01. The van der Waals surface area contributed by atoms with Gasteiger partial charge in [0.05, 0.1) is 5.52 Å². The lowest BCUT2D eigenvalue weighted by Gasteiger charge is -2.22. The van der Waals surface area contributed by atoms with Crippen molar-refractivity contribution in [3.8, 4) is 33.4 Å². The maximum atomic E-state index is 6.55. The molecule has 0 radical (unpaired) electrons. The average molecular weight is 800 g/mol. The number of aromatic nitrogens is 1. The van der Waals surface area contributed by atoms with Crippen molar-refractivity contribution >= 4 is 65.7 Å². The molecule has 13 rings (SSSR count). The molecule has 11 aromatic rings. The normalized spacial score (nSPS) is 15.8. The van der Waals surface area contributed by atoms with E-state index in [1.807, 2.05) is 0 Å². The lowest BCUT2D eigenvalue weighted by atomic mass is 9.81. The Bertz CT molecular complexity index is 3700. The maximum Gasteiger partial charge on any atom is 0.137 e. The Morgan fingerprint density at radius 2 is 1.21 bits per heavy atom. The third kappa shape index (κ3) is 5.24. The van der Waals surface area contributed by atoms with Gasteiger partial charge in [0.2, 0.25) is 0 Å². The molecular weight excluding hydrogens is 755 g/mol. The Morgan fingerprint density at radius 1 is 0.516 bits per heavy atom. The van der Waals surface area contributed by atoms with Crippen molar-refractivity contribution in [2.24, 2.45) is 0 Å². The van der Waals surface area contributed by atoms with Crippen LogP contribution in [-0.2, 0) is 11.8 Å². The first-order valence-electron chi connectivity index (χ1n) is 22.2. The molecule has 298 valence electrons. The van der Waals surface area contributed by atoms with Gasteiger partial charge in [-0.05, 0) is 142 Å². The van der Waals surface area contributed by atoms with E-state index in [0.29, 0.717) is 6.04 Å². The van der Waals surface area contributed by atoms with Gasteiger partial charge in [-0.15, -0.1) is 0 Å². The molecule has 1 unspecified atom stereocenters. The molecule has 3 aromatic heterocycles. The van der Waals surface area contributed by atoms with Crippen molar-refractivity contribution < 1.29 is 8.83 Å². The molecule has 0 bridgehead atoms. The Labute approximate surface area is 360 Å². The number of fused-ring (bicyclic) bond motifs is 12. The largest absolute Gasteiger partial charge is 0.456 e. The summed E-state index contributed by atoms with van der Waals surface area (Å²) in [5.74, 6) is 0. The topological polar surface area (TPSA) is 31.2 Å². The summed E-state index contributed by atoms with van der Waals surface area (Å²) >= 11 is 0. The van der Waals surface area contributed by atoms with Gasteiger partial charge in [0, 0.05) is 55.4 Å². The number of para-hydroxylation sites is 2. The van der Waals surface area contributed by atoms with E-state index in [-0.39, 0.29) is 5.41 Å². The molecule has 1 atom stereocenters. The van der Waals surface area contributed by atoms with E-state index in [1.54, 1.807) is 0 Å². The van der Waals surface area contributed by atoms with Crippen LogP contribution in [0.1, 0.15) is 67.0 Å². The summed E-state index contributed by atoms with van der Waals surface area (Å²) in [5, 5.41) is 7.20. The fourth-order valence-electron chi connectivity index (χ4n) is 11.2. The molecular formula is C59H45NO2. The van der Waals surface area contributed by atoms with Crippen molar-refractivity contribution in [1.82, 2.24) is 4.57 Å². The zero-order valence-electron chi connectivity index (χ0n) is 35.3. The molecule has 3 heterocycles. The summed E-state index contributed by atoms with van der Waals surface area (Å²) in [5.41, 5.74) is 20.5. The predicted molar refractivity (Wildman–Crippen MR) is 258 cm³/mol. The van der Waals surface area contributed by atoms with E-state index in [4.69, 9.17) is 8.83 Å². The van der Waals surface area contributed by atoms with E-state index in [9.17, 15) is 0 Å². The molecule has 0 saturated carbocycles. The number of benzene rings is 8. The number of furan rings is 2. The summed E-state index contributed by atoms with van der Waals surface area (Å²) in [4.78, 5) is 0. The van der Waals surface area contributed by atoms with Crippen molar-refractivity contribution in [1.29, 1.82) is 0 Å².